The predicted molar refractivity (Wildman–Crippen MR) is 46.0 cm³/mol. The van der Waals surface area contributed by atoms with Crippen molar-refractivity contribution in [3.05, 3.63) is 35.4 Å². The second kappa shape index (κ2) is 3.09. The van der Waals surface area contributed by atoms with Crippen LogP contribution in [0.3, 0.4) is 0 Å². The minimum Gasteiger partial charge on any atom is -0.392 e. The summed E-state index contributed by atoms with van der Waals surface area (Å²) < 4.78 is 18.5. The summed E-state index contributed by atoms with van der Waals surface area (Å²) in [6, 6.07) is 6.87. The van der Waals surface area contributed by atoms with E-state index in [1.54, 1.807) is 24.3 Å². The van der Waals surface area contributed by atoms with Crippen LogP contribution in [0.4, 0.5) is 4.39 Å². The number of alkyl halides is 1. The van der Waals surface area contributed by atoms with Gasteiger partial charge in [-0.25, -0.2) is 4.39 Å². The van der Waals surface area contributed by atoms with Gasteiger partial charge in [-0.05, 0) is 11.1 Å². The Kier molecular flexibility index (Phi) is 2.06. The maximum atomic E-state index is 13.7. The van der Waals surface area contributed by atoms with E-state index >= 15 is 0 Å². The van der Waals surface area contributed by atoms with Gasteiger partial charge in [0.05, 0.1) is 19.8 Å². The molecule has 70 valence electrons. The Bertz CT molecular complexity index is 290. The highest BCUT2D eigenvalue weighted by Crippen LogP contribution is 2.33. The van der Waals surface area contributed by atoms with Gasteiger partial charge in [0.25, 0.3) is 0 Å². The van der Waals surface area contributed by atoms with Crippen molar-refractivity contribution in [2.24, 2.45) is 0 Å². The average molecular weight is 182 g/mol. The second-order valence-corrected chi connectivity index (χ2v) is 3.31. The van der Waals surface area contributed by atoms with Crippen LogP contribution in [0.25, 0.3) is 0 Å². The molecule has 1 saturated heterocycles. The molecule has 2 rings (SSSR count). The molecule has 2 nitrogen and oxygen atoms in total. The smallest absolute Gasteiger partial charge is 0.182 e. The van der Waals surface area contributed by atoms with Gasteiger partial charge in [-0.15, -0.1) is 0 Å². The summed E-state index contributed by atoms with van der Waals surface area (Å²) in [5.74, 6) is 0. The van der Waals surface area contributed by atoms with E-state index in [0.717, 1.165) is 5.56 Å². The quantitative estimate of drug-likeness (QED) is 0.748. The standard InChI is InChI=1S/C10H11FO2/c11-10(6-13-7-10)9-3-1-8(5-12)2-4-9/h1-4,12H,5-7H2. The Hall–Kier alpha value is -0.930. The van der Waals surface area contributed by atoms with Crippen LogP contribution in [0, 0.1) is 0 Å². The van der Waals surface area contributed by atoms with Crippen molar-refractivity contribution in [1.29, 1.82) is 0 Å². The van der Waals surface area contributed by atoms with Gasteiger partial charge in [-0.1, -0.05) is 24.3 Å². The van der Waals surface area contributed by atoms with Gasteiger partial charge in [0.15, 0.2) is 5.67 Å². The summed E-state index contributed by atoms with van der Waals surface area (Å²) in [5, 5.41) is 8.78. The van der Waals surface area contributed by atoms with Crippen LogP contribution in [0.2, 0.25) is 0 Å². The van der Waals surface area contributed by atoms with E-state index in [0.29, 0.717) is 5.56 Å². The molecule has 3 heteroatoms. The number of rotatable bonds is 2. The summed E-state index contributed by atoms with van der Waals surface area (Å²) in [7, 11) is 0. The fourth-order valence-corrected chi connectivity index (χ4v) is 1.36. The lowest BCUT2D eigenvalue weighted by Gasteiger charge is -2.34. The van der Waals surface area contributed by atoms with Gasteiger partial charge in [0, 0.05) is 0 Å². The highest BCUT2D eigenvalue weighted by atomic mass is 19.1. The van der Waals surface area contributed by atoms with E-state index < -0.39 is 5.67 Å². The molecule has 1 aliphatic heterocycles. The zero-order valence-electron chi connectivity index (χ0n) is 7.16. The fourth-order valence-electron chi connectivity index (χ4n) is 1.36. The Morgan fingerprint density at radius 1 is 1.31 bits per heavy atom. The number of aliphatic hydroxyl groups is 1. The van der Waals surface area contributed by atoms with E-state index in [1.807, 2.05) is 0 Å². The molecule has 1 aliphatic rings. The number of ether oxygens (including phenoxy) is 1. The minimum absolute atomic E-state index is 0.00390. The topological polar surface area (TPSA) is 29.5 Å². The number of aliphatic hydroxyl groups excluding tert-OH is 1. The van der Waals surface area contributed by atoms with Gasteiger partial charge < -0.3 is 9.84 Å². The average Bonchev–Trinajstić information content (AvgIpc) is 2.14. The molecule has 0 spiro atoms. The summed E-state index contributed by atoms with van der Waals surface area (Å²) in [6.07, 6.45) is 0. The highest BCUT2D eigenvalue weighted by Gasteiger charge is 2.40. The molecule has 0 aromatic heterocycles. The van der Waals surface area contributed by atoms with Crippen molar-refractivity contribution in [1.82, 2.24) is 0 Å². The Balaban J connectivity index is 2.22. The highest BCUT2D eigenvalue weighted by molar-refractivity contribution is 5.28. The largest absolute Gasteiger partial charge is 0.392 e. The third kappa shape index (κ3) is 1.45. The third-order valence-electron chi connectivity index (χ3n) is 2.32. The Morgan fingerprint density at radius 2 is 1.92 bits per heavy atom. The maximum Gasteiger partial charge on any atom is 0.182 e. The van der Waals surface area contributed by atoms with Crippen molar-refractivity contribution in [2.75, 3.05) is 13.2 Å². The van der Waals surface area contributed by atoms with Gasteiger partial charge >= 0.3 is 0 Å². The molecule has 0 saturated carbocycles. The molecule has 1 fully saturated rings. The third-order valence-corrected chi connectivity index (χ3v) is 2.32. The van der Waals surface area contributed by atoms with Gasteiger partial charge in [-0.2, -0.15) is 0 Å². The Labute approximate surface area is 76.0 Å². The number of hydrogen-bond donors (Lipinski definition) is 1. The maximum absolute atomic E-state index is 13.7. The first-order valence-electron chi connectivity index (χ1n) is 4.21. The number of halogens is 1. The van der Waals surface area contributed by atoms with E-state index in [9.17, 15) is 4.39 Å². The van der Waals surface area contributed by atoms with Crippen molar-refractivity contribution in [3.8, 4) is 0 Å². The number of benzene rings is 1. The molecule has 1 aromatic carbocycles. The van der Waals surface area contributed by atoms with Crippen molar-refractivity contribution in [3.63, 3.8) is 0 Å². The van der Waals surface area contributed by atoms with Crippen molar-refractivity contribution >= 4 is 0 Å². The van der Waals surface area contributed by atoms with Gasteiger partial charge in [-0.3, -0.25) is 0 Å². The van der Waals surface area contributed by atoms with Crippen molar-refractivity contribution in [2.45, 2.75) is 12.3 Å². The molecule has 13 heavy (non-hydrogen) atoms. The zero-order valence-corrected chi connectivity index (χ0v) is 7.16. The first-order chi connectivity index (χ1) is 6.24. The Morgan fingerprint density at radius 3 is 2.31 bits per heavy atom. The van der Waals surface area contributed by atoms with Crippen LogP contribution in [0.1, 0.15) is 11.1 Å². The van der Waals surface area contributed by atoms with E-state index in [-0.39, 0.29) is 19.8 Å². The lowest BCUT2D eigenvalue weighted by molar-refractivity contribution is -0.135. The lowest BCUT2D eigenvalue weighted by atomic mass is 9.93. The van der Waals surface area contributed by atoms with Crippen LogP contribution in [0.5, 0.6) is 0 Å². The first-order valence-corrected chi connectivity index (χ1v) is 4.21. The predicted octanol–water partition coefficient (Wildman–Crippen LogP) is 1.37. The van der Waals surface area contributed by atoms with E-state index in [2.05, 4.69) is 0 Å². The van der Waals surface area contributed by atoms with Crippen LogP contribution in [0.15, 0.2) is 24.3 Å². The molecule has 1 N–H and O–H groups in total. The zero-order chi connectivity index (χ0) is 9.31. The van der Waals surface area contributed by atoms with Gasteiger partial charge in [0.1, 0.15) is 0 Å². The molecular formula is C10H11FO2. The first kappa shape index (κ1) is 8.66. The summed E-state index contributed by atoms with van der Waals surface area (Å²) in [6.45, 7) is 0.285. The summed E-state index contributed by atoms with van der Waals surface area (Å²) >= 11 is 0. The molecule has 0 radical (unpaired) electrons. The molecule has 0 atom stereocenters. The van der Waals surface area contributed by atoms with Crippen molar-refractivity contribution < 1.29 is 14.2 Å². The monoisotopic (exact) mass is 182 g/mol. The van der Waals surface area contributed by atoms with Crippen LogP contribution in [-0.2, 0) is 17.0 Å². The second-order valence-electron chi connectivity index (χ2n) is 3.31. The molecule has 0 aliphatic carbocycles. The fraction of sp³-hybridized carbons (Fsp3) is 0.400. The van der Waals surface area contributed by atoms with Crippen LogP contribution < -0.4 is 0 Å². The number of hydrogen-bond acceptors (Lipinski definition) is 2. The SMILES string of the molecule is OCc1ccc(C2(F)COC2)cc1. The molecule has 1 aromatic rings. The minimum atomic E-state index is -1.30. The molecule has 0 amide bonds. The van der Waals surface area contributed by atoms with Crippen LogP contribution >= 0.6 is 0 Å². The van der Waals surface area contributed by atoms with Gasteiger partial charge in [0.2, 0.25) is 0 Å². The van der Waals surface area contributed by atoms with Crippen LogP contribution in [-0.4, -0.2) is 18.3 Å². The molecular weight excluding hydrogens is 171 g/mol. The summed E-state index contributed by atoms with van der Waals surface area (Å²) in [5.41, 5.74) is 0.136. The summed E-state index contributed by atoms with van der Waals surface area (Å²) in [4.78, 5) is 0. The molecule has 1 heterocycles. The molecule has 0 bridgehead atoms. The molecule has 0 unspecified atom stereocenters. The van der Waals surface area contributed by atoms with E-state index in [4.69, 9.17) is 9.84 Å². The normalized spacial score (nSPS) is 19.5. The van der Waals surface area contributed by atoms with E-state index in [1.165, 1.54) is 0 Å². The lowest BCUT2D eigenvalue weighted by Crippen LogP contribution is -2.42.